The standard InChI is InChI=1S/C21H20ClN3O2/c1-13-8-14(2)20(19(22)9-13)24-17-10-15(11-23-12-17)21(26)25-16-4-6-18(27-3)7-5-16/h4-12,24H,1-3H3,(H,25,26). The zero-order chi connectivity index (χ0) is 19.4. The van der Waals surface area contributed by atoms with Crippen LogP contribution in [0.25, 0.3) is 0 Å². The Morgan fingerprint density at radius 2 is 1.78 bits per heavy atom. The Labute approximate surface area is 163 Å². The van der Waals surface area contributed by atoms with Crippen molar-refractivity contribution in [3.63, 3.8) is 0 Å². The molecule has 0 fully saturated rings. The first-order chi connectivity index (χ1) is 13.0. The molecule has 0 bridgehead atoms. The van der Waals surface area contributed by atoms with Gasteiger partial charge in [-0.1, -0.05) is 17.7 Å². The Morgan fingerprint density at radius 1 is 1.04 bits per heavy atom. The average molecular weight is 382 g/mol. The molecule has 0 saturated carbocycles. The van der Waals surface area contributed by atoms with Crippen molar-refractivity contribution in [1.82, 2.24) is 4.98 Å². The third kappa shape index (κ3) is 4.57. The van der Waals surface area contributed by atoms with Crippen LogP contribution in [0.4, 0.5) is 17.1 Å². The van der Waals surface area contributed by atoms with Crippen LogP contribution in [-0.2, 0) is 0 Å². The SMILES string of the molecule is COc1ccc(NC(=O)c2cncc(Nc3c(C)cc(C)cc3Cl)c2)cc1. The molecule has 0 aliphatic heterocycles. The highest BCUT2D eigenvalue weighted by atomic mass is 35.5. The van der Waals surface area contributed by atoms with Crippen molar-refractivity contribution in [1.29, 1.82) is 0 Å². The maximum absolute atomic E-state index is 12.5. The van der Waals surface area contributed by atoms with E-state index in [1.807, 2.05) is 26.0 Å². The summed E-state index contributed by atoms with van der Waals surface area (Å²) in [6, 6.07) is 12.8. The monoisotopic (exact) mass is 381 g/mol. The number of nitrogens with one attached hydrogen (secondary N) is 2. The fraction of sp³-hybridized carbons (Fsp3) is 0.143. The number of nitrogens with zero attached hydrogens (tertiary/aromatic N) is 1. The molecule has 1 heterocycles. The van der Waals surface area contributed by atoms with E-state index in [-0.39, 0.29) is 5.91 Å². The molecule has 0 spiro atoms. The van der Waals surface area contributed by atoms with Gasteiger partial charge in [0.15, 0.2) is 0 Å². The van der Waals surface area contributed by atoms with Crippen molar-refractivity contribution in [3.8, 4) is 5.75 Å². The molecule has 0 aliphatic carbocycles. The summed E-state index contributed by atoms with van der Waals surface area (Å²) < 4.78 is 5.12. The third-order valence-electron chi connectivity index (χ3n) is 4.05. The summed E-state index contributed by atoms with van der Waals surface area (Å²) >= 11 is 6.35. The molecule has 27 heavy (non-hydrogen) atoms. The van der Waals surface area contributed by atoms with E-state index in [1.165, 1.54) is 6.20 Å². The number of hydrogen-bond donors (Lipinski definition) is 2. The number of aryl methyl sites for hydroxylation is 2. The maximum Gasteiger partial charge on any atom is 0.257 e. The molecule has 3 aromatic rings. The Morgan fingerprint density at radius 3 is 2.44 bits per heavy atom. The van der Waals surface area contributed by atoms with Gasteiger partial charge in [0.2, 0.25) is 0 Å². The molecule has 1 amide bonds. The minimum absolute atomic E-state index is 0.247. The number of pyridine rings is 1. The lowest BCUT2D eigenvalue weighted by atomic mass is 10.1. The first kappa shape index (κ1) is 18.7. The van der Waals surface area contributed by atoms with E-state index >= 15 is 0 Å². The van der Waals surface area contributed by atoms with Gasteiger partial charge in [0, 0.05) is 11.9 Å². The maximum atomic E-state index is 12.5. The van der Waals surface area contributed by atoms with Gasteiger partial charge in [-0.25, -0.2) is 0 Å². The van der Waals surface area contributed by atoms with E-state index in [4.69, 9.17) is 16.3 Å². The normalized spacial score (nSPS) is 10.4. The molecule has 6 heteroatoms. The summed E-state index contributed by atoms with van der Waals surface area (Å²) in [5.74, 6) is 0.481. The number of ether oxygens (including phenoxy) is 1. The Hall–Kier alpha value is -3.05. The summed E-state index contributed by atoms with van der Waals surface area (Å²) in [5.41, 5.74) is 4.72. The molecule has 0 aliphatic rings. The largest absolute Gasteiger partial charge is 0.497 e. The predicted molar refractivity (Wildman–Crippen MR) is 109 cm³/mol. The highest BCUT2D eigenvalue weighted by molar-refractivity contribution is 6.33. The number of carbonyl (C=O) groups excluding carboxylic acids is 1. The lowest BCUT2D eigenvalue weighted by molar-refractivity contribution is 0.102. The lowest BCUT2D eigenvalue weighted by Crippen LogP contribution is -2.12. The molecule has 2 aromatic carbocycles. The number of hydrogen-bond acceptors (Lipinski definition) is 4. The first-order valence-corrected chi connectivity index (χ1v) is 8.78. The predicted octanol–water partition coefficient (Wildman–Crippen LogP) is 5.36. The van der Waals surface area contributed by atoms with E-state index in [0.717, 1.165) is 22.6 Å². The van der Waals surface area contributed by atoms with Crippen LogP contribution in [0.15, 0.2) is 54.9 Å². The Balaban J connectivity index is 1.77. The number of rotatable bonds is 5. The number of carbonyl (C=O) groups is 1. The first-order valence-electron chi connectivity index (χ1n) is 8.40. The molecule has 138 valence electrons. The van der Waals surface area contributed by atoms with E-state index in [0.29, 0.717) is 22.0 Å². The summed E-state index contributed by atoms with van der Waals surface area (Å²) in [7, 11) is 1.60. The fourth-order valence-electron chi connectivity index (χ4n) is 2.73. The molecule has 1 aromatic heterocycles. The van der Waals surface area contributed by atoms with Crippen molar-refractivity contribution in [3.05, 3.63) is 76.6 Å². The van der Waals surface area contributed by atoms with E-state index in [2.05, 4.69) is 15.6 Å². The van der Waals surface area contributed by atoms with Gasteiger partial charge in [-0.2, -0.15) is 0 Å². The highest BCUT2D eigenvalue weighted by Gasteiger charge is 2.10. The van der Waals surface area contributed by atoms with Crippen LogP contribution in [0, 0.1) is 13.8 Å². The van der Waals surface area contributed by atoms with Crippen LogP contribution >= 0.6 is 11.6 Å². The van der Waals surface area contributed by atoms with Crippen molar-refractivity contribution in [2.75, 3.05) is 17.7 Å². The van der Waals surface area contributed by atoms with Crippen molar-refractivity contribution < 1.29 is 9.53 Å². The zero-order valence-electron chi connectivity index (χ0n) is 15.3. The van der Waals surface area contributed by atoms with Gasteiger partial charge in [-0.05, 0) is 61.4 Å². The van der Waals surface area contributed by atoms with Crippen molar-refractivity contribution in [2.45, 2.75) is 13.8 Å². The van der Waals surface area contributed by atoms with Crippen LogP contribution in [0.3, 0.4) is 0 Å². The van der Waals surface area contributed by atoms with E-state index in [9.17, 15) is 4.79 Å². The fourth-order valence-corrected chi connectivity index (χ4v) is 3.10. The molecule has 0 atom stereocenters. The number of aromatic nitrogens is 1. The molecular weight excluding hydrogens is 362 g/mol. The van der Waals surface area contributed by atoms with Crippen molar-refractivity contribution >= 4 is 34.6 Å². The van der Waals surface area contributed by atoms with Crippen molar-refractivity contribution in [2.24, 2.45) is 0 Å². The van der Waals surface area contributed by atoms with Gasteiger partial charge in [0.25, 0.3) is 5.91 Å². The number of anilines is 3. The van der Waals surface area contributed by atoms with Gasteiger partial charge in [-0.3, -0.25) is 9.78 Å². The van der Waals surface area contributed by atoms with Crippen LogP contribution in [0.1, 0.15) is 21.5 Å². The van der Waals surface area contributed by atoms with Gasteiger partial charge in [-0.15, -0.1) is 0 Å². The van der Waals surface area contributed by atoms with Crippen LogP contribution < -0.4 is 15.4 Å². The third-order valence-corrected chi connectivity index (χ3v) is 4.35. The summed E-state index contributed by atoms with van der Waals surface area (Å²) in [4.78, 5) is 16.7. The number of halogens is 1. The second-order valence-electron chi connectivity index (χ2n) is 6.21. The van der Waals surface area contributed by atoms with Gasteiger partial charge >= 0.3 is 0 Å². The quantitative estimate of drug-likeness (QED) is 0.624. The molecule has 3 rings (SSSR count). The minimum atomic E-state index is -0.247. The number of benzene rings is 2. The second-order valence-corrected chi connectivity index (χ2v) is 6.62. The molecule has 0 unspecified atom stereocenters. The molecule has 5 nitrogen and oxygen atoms in total. The van der Waals surface area contributed by atoms with Gasteiger partial charge in [0.05, 0.1) is 35.3 Å². The topological polar surface area (TPSA) is 63.2 Å². The average Bonchev–Trinajstić information content (AvgIpc) is 2.65. The lowest BCUT2D eigenvalue weighted by Gasteiger charge is -2.13. The molecule has 0 saturated heterocycles. The zero-order valence-corrected chi connectivity index (χ0v) is 16.1. The number of amides is 1. The summed E-state index contributed by atoms with van der Waals surface area (Å²) in [6.07, 6.45) is 3.17. The highest BCUT2D eigenvalue weighted by Crippen LogP contribution is 2.30. The van der Waals surface area contributed by atoms with Crippen LogP contribution in [0.5, 0.6) is 5.75 Å². The summed E-state index contributed by atoms with van der Waals surface area (Å²) in [6.45, 7) is 3.98. The van der Waals surface area contributed by atoms with E-state index < -0.39 is 0 Å². The van der Waals surface area contributed by atoms with Gasteiger partial charge < -0.3 is 15.4 Å². The Kier molecular flexibility index (Phi) is 5.62. The van der Waals surface area contributed by atoms with Gasteiger partial charge in [0.1, 0.15) is 5.75 Å². The minimum Gasteiger partial charge on any atom is -0.497 e. The molecule has 0 radical (unpaired) electrons. The molecule has 2 N–H and O–H groups in total. The Bertz CT molecular complexity index is 948. The van der Waals surface area contributed by atoms with E-state index in [1.54, 1.807) is 43.6 Å². The van der Waals surface area contributed by atoms with Crippen LogP contribution in [-0.4, -0.2) is 18.0 Å². The number of methoxy groups -OCH3 is 1. The van der Waals surface area contributed by atoms with Crippen LogP contribution in [0.2, 0.25) is 5.02 Å². The second kappa shape index (κ2) is 8.10. The summed E-state index contributed by atoms with van der Waals surface area (Å²) in [5, 5.41) is 6.72. The molecular formula is C21H20ClN3O2. The smallest absolute Gasteiger partial charge is 0.257 e.